The summed E-state index contributed by atoms with van der Waals surface area (Å²) >= 11 is 11.7. The Hall–Kier alpha value is -1.60. The highest BCUT2D eigenvalue weighted by Gasteiger charge is 2.16. The number of nitrogens with one attached hydrogen (secondary N) is 2. The zero-order valence-corrected chi connectivity index (χ0v) is 15.4. The Morgan fingerprint density at radius 1 is 1.04 bits per heavy atom. The standard InChI is InChI=1S/C16H16Cl2N2O3S/c1-10-8-13(4-5-14(10)18)24(22,23)19-9-16(21)20-15-6-3-12(17)7-11(15)2/h3-8,19H,9H2,1-2H3,(H,20,21). The van der Waals surface area contributed by atoms with Gasteiger partial charge in [-0.15, -0.1) is 0 Å². The van der Waals surface area contributed by atoms with Crippen LogP contribution in [-0.4, -0.2) is 20.9 Å². The molecule has 0 radical (unpaired) electrons. The van der Waals surface area contributed by atoms with E-state index in [0.717, 1.165) is 5.56 Å². The fraction of sp³-hybridized carbons (Fsp3) is 0.188. The predicted octanol–water partition coefficient (Wildman–Crippen LogP) is 3.53. The molecule has 8 heteroatoms. The van der Waals surface area contributed by atoms with Crippen molar-refractivity contribution in [2.24, 2.45) is 0 Å². The number of carbonyl (C=O) groups is 1. The highest BCUT2D eigenvalue weighted by molar-refractivity contribution is 7.89. The normalized spacial score (nSPS) is 11.3. The van der Waals surface area contributed by atoms with E-state index in [4.69, 9.17) is 23.2 Å². The van der Waals surface area contributed by atoms with Crippen LogP contribution in [0.5, 0.6) is 0 Å². The van der Waals surface area contributed by atoms with Crippen LogP contribution in [0.4, 0.5) is 5.69 Å². The van der Waals surface area contributed by atoms with Crippen molar-refractivity contribution in [2.75, 3.05) is 11.9 Å². The molecule has 24 heavy (non-hydrogen) atoms. The number of halogens is 2. The van der Waals surface area contributed by atoms with Crippen molar-refractivity contribution < 1.29 is 13.2 Å². The number of anilines is 1. The number of benzene rings is 2. The van der Waals surface area contributed by atoms with Crippen LogP contribution in [0.3, 0.4) is 0 Å². The molecule has 0 aliphatic rings. The second-order valence-electron chi connectivity index (χ2n) is 5.24. The van der Waals surface area contributed by atoms with Gasteiger partial charge in [-0.3, -0.25) is 4.79 Å². The molecule has 0 unspecified atom stereocenters. The van der Waals surface area contributed by atoms with Crippen LogP contribution in [0.1, 0.15) is 11.1 Å². The molecule has 0 spiro atoms. The second-order valence-corrected chi connectivity index (χ2v) is 7.85. The summed E-state index contributed by atoms with van der Waals surface area (Å²) < 4.78 is 26.7. The zero-order valence-electron chi connectivity index (χ0n) is 13.1. The monoisotopic (exact) mass is 386 g/mol. The lowest BCUT2D eigenvalue weighted by molar-refractivity contribution is -0.115. The fourth-order valence-corrected chi connectivity index (χ4v) is 3.40. The molecule has 0 saturated heterocycles. The first-order valence-corrected chi connectivity index (χ1v) is 9.25. The molecule has 2 rings (SSSR count). The highest BCUT2D eigenvalue weighted by Crippen LogP contribution is 2.20. The van der Waals surface area contributed by atoms with Crippen molar-refractivity contribution in [3.05, 3.63) is 57.6 Å². The van der Waals surface area contributed by atoms with E-state index in [-0.39, 0.29) is 11.4 Å². The topological polar surface area (TPSA) is 75.3 Å². The maximum atomic E-state index is 12.2. The molecular weight excluding hydrogens is 371 g/mol. The van der Waals surface area contributed by atoms with Crippen molar-refractivity contribution in [2.45, 2.75) is 18.7 Å². The molecule has 0 heterocycles. The van der Waals surface area contributed by atoms with Gasteiger partial charge in [0.2, 0.25) is 15.9 Å². The number of hydrogen-bond acceptors (Lipinski definition) is 3. The van der Waals surface area contributed by atoms with Gasteiger partial charge >= 0.3 is 0 Å². The smallest absolute Gasteiger partial charge is 0.241 e. The van der Waals surface area contributed by atoms with E-state index in [9.17, 15) is 13.2 Å². The van der Waals surface area contributed by atoms with E-state index >= 15 is 0 Å². The molecule has 0 atom stereocenters. The van der Waals surface area contributed by atoms with E-state index in [1.807, 2.05) is 0 Å². The minimum absolute atomic E-state index is 0.0554. The summed E-state index contributed by atoms with van der Waals surface area (Å²) in [4.78, 5) is 12.0. The number of hydrogen-bond donors (Lipinski definition) is 2. The molecule has 2 N–H and O–H groups in total. The van der Waals surface area contributed by atoms with Gasteiger partial charge in [-0.2, -0.15) is 0 Å². The van der Waals surface area contributed by atoms with Gasteiger partial charge in [-0.05, 0) is 61.4 Å². The average Bonchev–Trinajstić information content (AvgIpc) is 2.51. The van der Waals surface area contributed by atoms with E-state index < -0.39 is 15.9 Å². The van der Waals surface area contributed by atoms with E-state index in [2.05, 4.69) is 10.0 Å². The lowest BCUT2D eigenvalue weighted by Gasteiger charge is -2.10. The van der Waals surface area contributed by atoms with Crippen molar-refractivity contribution >= 4 is 44.8 Å². The van der Waals surface area contributed by atoms with Crippen molar-refractivity contribution in [3.8, 4) is 0 Å². The Labute approximate surface area is 151 Å². The maximum absolute atomic E-state index is 12.2. The summed E-state index contributed by atoms with van der Waals surface area (Å²) in [6.45, 7) is 3.12. The first-order valence-electron chi connectivity index (χ1n) is 7.01. The number of rotatable bonds is 5. The van der Waals surface area contributed by atoms with Crippen molar-refractivity contribution in [1.29, 1.82) is 0 Å². The molecule has 0 aliphatic heterocycles. The predicted molar refractivity (Wildman–Crippen MR) is 96.2 cm³/mol. The van der Waals surface area contributed by atoms with Crippen LogP contribution in [0, 0.1) is 13.8 Å². The first kappa shape index (κ1) is 18.7. The van der Waals surface area contributed by atoms with Crippen LogP contribution in [0.25, 0.3) is 0 Å². The van der Waals surface area contributed by atoms with Crippen molar-refractivity contribution in [3.63, 3.8) is 0 Å². The molecule has 0 aromatic heterocycles. The lowest BCUT2D eigenvalue weighted by atomic mass is 10.2. The molecule has 0 fully saturated rings. The zero-order chi connectivity index (χ0) is 17.9. The molecular formula is C16H16Cl2N2O3S. The van der Waals surface area contributed by atoms with Gasteiger partial charge in [-0.25, -0.2) is 13.1 Å². The van der Waals surface area contributed by atoms with Crippen LogP contribution in [0.15, 0.2) is 41.3 Å². The van der Waals surface area contributed by atoms with Crippen LogP contribution >= 0.6 is 23.2 Å². The van der Waals surface area contributed by atoms with Gasteiger partial charge in [0.25, 0.3) is 0 Å². The Morgan fingerprint density at radius 2 is 1.75 bits per heavy atom. The number of carbonyl (C=O) groups excluding carboxylic acids is 1. The van der Waals surface area contributed by atoms with E-state index in [1.54, 1.807) is 32.0 Å². The molecule has 0 bridgehead atoms. The largest absolute Gasteiger partial charge is 0.325 e. The van der Waals surface area contributed by atoms with Gasteiger partial charge < -0.3 is 5.32 Å². The minimum atomic E-state index is -3.79. The molecule has 5 nitrogen and oxygen atoms in total. The molecule has 2 aromatic carbocycles. The Bertz CT molecular complexity index is 883. The summed E-state index contributed by atoms with van der Waals surface area (Å²) in [6, 6.07) is 9.35. The van der Waals surface area contributed by atoms with Crippen LogP contribution in [-0.2, 0) is 14.8 Å². The highest BCUT2D eigenvalue weighted by atomic mass is 35.5. The molecule has 1 amide bonds. The third kappa shape index (κ3) is 4.70. The molecule has 0 saturated carbocycles. The number of aryl methyl sites for hydroxylation is 2. The SMILES string of the molecule is Cc1cc(S(=O)(=O)NCC(=O)Nc2ccc(Cl)cc2C)ccc1Cl. The van der Waals surface area contributed by atoms with Gasteiger partial charge in [0.1, 0.15) is 0 Å². The third-order valence-corrected chi connectivity index (χ3v) is 5.38. The number of sulfonamides is 1. The average molecular weight is 387 g/mol. The summed E-state index contributed by atoms with van der Waals surface area (Å²) in [5.74, 6) is -0.477. The summed E-state index contributed by atoms with van der Waals surface area (Å²) in [5.41, 5.74) is 2.00. The summed E-state index contributed by atoms with van der Waals surface area (Å²) in [6.07, 6.45) is 0. The number of amides is 1. The van der Waals surface area contributed by atoms with Crippen LogP contribution < -0.4 is 10.0 Å². The third-order valence-electron chi connectivity index (χ3n) is 3.32. The molecule has 2 aromatic rings. The van der Waals surface area contributed by atoms with Gasteiger partial charge in [-0.1, -0.05) is 23.2 Å². The lowest BCUT2D eigenvalue weighted by Crippen LogP contribution is -2.33. The van der Waals surface area contributed by atoms with Gasteiger partial charge in [0.15, 0.2) is 0 Å². The van der Waals surface area contributed by atoms with E-state index in [1.165, 1.54) is 18.2 Å². The fourth-order valence-electron chi connectivity index (χ4n) is 1.99. The summed E-state index contributed by atoms with van der Waals surface area (Å²) in [7, 11) is -3.79. The van der Waals surface area contributed by atoms with E-state index in [0.29, 0.717) is 21.3 Å². The Morgan fingerprint density at radius 3 is 2.38 bits per heavy atom. The first-order chi connectivity index (χ1) is 11.2. The second kappa shape index (κ2) is 7.53. The Balaban J connectivity index is 2.03. The summed E-state index contributed by atoms with van der Waals surface area (Å²) in [5, 5.41) is 3.67. The van der Waals surface area contributed by atoms with Gasteiger partial charge in [0, 0.05) is 15.7 Å². The molecule has 128 valence electrons. The van der Waals surface area contributed by atoms with Gasteiger partial charge in [0.05, 0.1) is 11.4 Å². The maximum Gasteiger partial charge on any atom is 0.241 e. The van der Waals surface area contributed by atoms with Crippen LogP contribution in [0.2, 0.25) is 10.0 Å². The van der Waals surface area contributed by atoms with Crippen molar-refractivity contribution in [1.82, 2.24) is 4.72 Å². The molecule has 0 aliphatic carbocycles. The Kier molecular flexibility index (Phi) is 5.87. The minimum Gasteiger partial charge on any atom is -0.325 e. The quantitative estimate of drug-likeness (QED) is 0.824.